The van der Waals surface area contributed by atoms with E-state index in [-0.39, 0.29) is 11.7 Å². The summed E-state index contributed by atoms with van der Waals surface area (Å²) in [6.07, 6.45) is 1.57. The molecule has 1 heterocycles. The highest BCUT2D eigenvalue weighted by Crippen LogP contribution is 2.27. The molecular weight excluding hydrogens is 376 g/mol. The van der Waals surface area contributed by atoms with Gasteiger partial charge in [-0.05, 0) is 42.8 Å². The Hall–Kier alpha value is -3.00. The second-order valence-electron chi connectivity index (χ2n) is 5.87. The van der Waals surface area contributed by atoms with Crippen molar-refractivity contribution in [3.8, 4) is 11.5 Å². The summed E-state index contributed by atoms with van der Waals surface area (Å²) in [6.45, 7) is 2.44. The van der Waals surface area contributed by atoms with Gasteiger partial charge < -0.3 is 14.0 Å². The molecule has 0 aliphatic carbocycles. The van der Waals surface area contributed by atoms with Gasteiger partial charge >= 0.3 is 0 Å². The maximum Gasteiger partial charge on any atom is 0.250 e. The van der Waals surface area contributed by atoms with Gasteiger partial charge in [0, 0.05) is 7.05 Å². The highest BCUT2D eigenvalue weighted by molar-refractivity contribution is 7.99. The first-order valence-corrected chi connectivity index (χ1v) is 9.78. The Morgan fingerprint density at radius 1 is 1.29 bits per heavy atom. The maximum atomic E-state index is 12.1. The molecule has 0 spiro atoms. The van der Waals surface area contributed by atoms with Crippen LogP contribution < -0.4 is 14.9 Å². The number of hydrogen-bond donors (Lipinski definition) is 1. The van der Waals surface area contributed by atoms with Crippen LogP contribution in [0.3, 0.4) is 0 Å². The average Bonchev–Trinajstić information content (AvgIpc) is 3.03. The zero-order valence-electron chi connectivity index (χ0n) is 16.0. The molecule has 7 nitrogen and oxygen atoms in total. The fourth-order valence-electron chi connectivity index (χ4n) is 2.64. The molecule has 0 saturated heterocycles. The Labute approximate surface area is 167 Å². The lowest BCUT2D eigenvalue weighted by Gasteiger charge is -2.09. The highest BCUT2D eigenvalue weighted by Gasteiger charge is 2.10. The van der Waals surface area contributed by atoms with Crippen molar-refractivity contribution in [3.63, 3.8) is 0 Å². The molecule has 0 bridgehead atoms. The van der Waals surface area contributed by atoms with Crippen LogP contribution in [0.4, 0.5) is 0 Å². The number of amides is 1. The van der Waals surface area contributed by atoms with Crippen molar-refractivity contribution in [3.05, 3.63) is 48.0 Å². The predicted octanol–water partition coefficient (Wildman–Crippen LogP) is 3.22. The molecule has 1 N–H and O–H groups in total. The van der Waals surface area contributed by atoms with Crippen LogP contribution >= 0.6 is 11.8 Å². The minimum Gasteiger partial charge on any atom is -0.493 e. The van der Waals surface area contributed by atoms with Crippen molar-refractivity contribution < 1.29 is 14.3 Å². The van der Waals surface area contributed by atoms with Crippen molar-refractivity contribution in [2.75, 3.05) is 19.5 Å². The van der Waals surface area contributed by atoms with Gasteiger partial charge in [0.2, 0.25) is 0 Å². The van der Waals surface area contributed by atoms with E-state index >= 15 is 0 Å². The summed E-state index contributed by atoms with van der Waals surface area (Å²) < 4.78 is 12.8. The van der Waals surface area contributed by atoms with E-state index in [2.05, 4.69) is 15.5 Å². The quantitative estimate of drug-likeness (QED) is 0.358. The molecule has 28 heavy (non-hydrogen) atoms. The van der Waals surface area contributed by atoms with E-state index in [1.54, 1.807) is 19.4 Å². The third-order valence-electron chi connectivity index (χ3n) is 3.97. The maximum absolute atomic E-state index is 12.1. The molecule has 8 heteroatoms. The number of methoxy groups -OCH3 is 1. The van der Waals surface area contributed by atoms with Gasteiger partial charge in [-0.15, -0.1) is 0 Å². The van der Waals surface area contributed by atoms with E-state index in [0.717, 1.165) is 21.8 Å². The van der Waals surface area contributed by atoms with E-state index in [1.165, 1.54) is 11.8 Å². The van der Waals surface area contributed by atoms with Crippen LogP contribution in [0.5, 0.6) is 11.5 Å². The van der Waals surface area contributed by atoms with Crippen molar-refractivity contribution in [2.24, 2.45) is 12.1 Å². The third kappa shape index (κ3) is 4.64. The fourth-order valence-corrected chi connectivity index (χ4v) is 3.42. The second kappa shape index (κ2) is 9.27. The summed E-state index contributed by atoms with van der Waals surface area (Å²) in [7, 11) is 3.53. The van der Waals surface area contributed by atoms with Gasteiger partial charge in [0.15, 0.2) is 16.7 Å². The number of carbonyl (C=O) groups is 1. The molecule has 2 aromatic carbocycles. The summed E-state index contributed by atoms with van der Waals surface area (Å²) in [4.78, 5) is 16.6. The number of nitrogens with one attached hydrogen (secondary N) is 1. The second-order valence-corrected chi connectivity index (χ2v) is 6.81. The van der Waals surface area contributed by atoms with E-state index in [9.17, 15) is 4.79 Å². The van der Waals surface area contributed by atoms with Crippen LogP contribution in [0.1, 0.15) is 12.5 Å². The van der Waals surface area contributed by atoms with Gasteiger partial charge in [-0.2, -0.15) is 5.10 Å². The number of nitrogens with zero attached hydrogens (tertiary/aromatic N) is 3. The summed E-state index contributed by atoms with van der Waals surface area (Å²) >= 11 is 1.37. The number of hydrogen-bond acceptors (Lipinski definition) is 6. The van der Waals surface area contributed by atoms with E-state index in [1.807, 2.05) is 54.9 Å². The van der Waals surface area contributed by atoms with Crippen molar-refractivity contribution >= 4 is 34.9 Å². The highest BCUT2D eigenvalue weighted by atomic mass is 32.2. The molecule has 1 amide bonds. The number of carbonyl (C=O) groups excluding carboxylic acids is 1. The van der Waals surface area contributed by atoms with Gasteiger partial charge in [-0.3, -0.25) is 4.79 Å². The van der Waals surface area contributed by atoms with Crippen LogP contribution in [-0.4, -0.2) is 41.1 Å². The van der Waals surface area contributed by atoms with E-state index in [0.29, 0.717) is 18.1 Å². The van der Waals surface area contributed by atoms with Crippen LogP contribution in [0.25, 0.3) is 11.0 Å². The smallest absolute Gasteiger partial charge is 0.250 e. The first-order chi connectivity index (χ1) is 13.6. The topological polar surface area (TPSA) is 77.7 Å². The molecule has 1 aromatic heterocycles. The molecule has 0 aliphatic rings. The summed E-state index contributed by atoms with van der Waals surface area (Å²) in [6, 6.07) is 13.3. The van der Waals surface area contributed by atoms with Crippen LogP contribution in [0.15, 0.2) is 52.7 Å². The Morgan fingerprint density at radius 2 is 2.11 bits per heavy atom. The van der Waals surface area contributed by atoms with Crippen LogP contribution in [0.2, 0.25) is 0 Å². The molecule has 0 fully saturated rings. The lowest BCUT2D eigenvalue weighted by Crippen LogP contribution is -2.19. The largest absolute Gasteiger partial charge is 0.493 e. The minimum atomic E-state index is -0.202. The van der Waals surface area contributed by atoms with Gasteiger partial charge in [0.05, 0.1) is 36.7 Å². The Morgan fingerprint density at radius 3 is 2.86 bits per heavy atom. The SMILES string of the molecule is CCOc1cc(/C=N\NC(=O)CSc2nc3ccccc3n2C)ccc1OC. The number of para-hydroxylation sites is 2. The number of imidazole rings is 1. The van der Waals surface area contributed by atoms with Crippen molar-refractivity contribution in [2.45, 2.75) is 12.1 Å². The number of thioether (sulfide) groups is 1. The molecule has 0 aliphatic heterocycles. The number of ether oxygens (including phenoxy) is 2. The molecule has 3 rings (SSSR count). The van der Waals surface area contributed by atoms with E-state index < -0.39 is 0 Å². The molecule has 0 unspecified atom stereocenters. The Kier molecular flexibility index (Phi) is 6.54. The summed E-state index contributed by atoms with van der Waals surface area (Å²) in [5.74, 6) is 1.31. The number of benzene rings is 2. The molecule has 0 radical (unpaired) electrons. The predicted molar refractivity (Wildman–Crippen MR) is 111 cm³/mol. The molecule has 0 saturated carbocycles. The zero-order chi connectivity index (χ0) is 19.9. The van der Waals surface area contributed by atoms with Crippen molar-refractivity contribution in [1.82, 2.24) is 15.0 Å². The number of fused-ring (bicyclic) bond motifs is 1. The molecule has 3 aromatic rings. The number of hydrazone groups is 1. The molecule has 0 atom stereocenters. The summed E-state index contributed by atoms with van der Waals surface area (Å²) in [5, 5.41) is 4.80. The number of aryl methyl sites for hydroxylation is 1. The first kappa shape index (κ1) is 19.8. The Bertz CT molecular complexity index is 1000. The van der Waals surface area contributed by atoms with Gasteiger partial charge in [0.1, 0.15) is 0 Å². The standard InChI is InChI=1S/C20H22N4O3S/c1-4-27-18-11-14(9-10-17(18)26-3)12-21-23-19(25)13-28-20-22-15-7-5-6-8-16(15)24(20)2/h5-12H,4,13H2,1-3H3,(H,23,25)/b21-12-. The fraction of sp³-hybridized carbons (Fsp3) is 0.250. The normalized spacial score (nSPS) is 11.1. The monoisotopic (exact) mass is 398 g/mol. The minimum absolute atomic E-state index is 0.202. The first-order valence-electron chi connectivity index (χ1n) is 8.79. The van der Waals surface area contributed by atoms with Crippen LogP contribution in [0, 0.1) is 0 Å². The lowest BCUT2D eigenvalue weighted by molar-refractivity contribution is -0.118. The average molecular weight is 398 g/mol. The summed E-state index contributed by atoms with van der Waals surface area (Å²) in [5.41, 5.74) is 5.28. The zero-order valence-corrected chi connectivity index (χ0v) is 16.8. The molecule has 146 valence electrons. The van der Waals surface area contributed by atoms with Crippen molar-refractivity contribution in [1.29, 1.82) is 0 Å². The number of aromatic nitrogens is 2. The van der Waals surface area contributed by atoms with Gasteiger partial charge in [-0.1, -0.05) is 23.9 Å². The lowest BCUT2D eigenvalue weighted by atomic mass is 10.2. The number of rotatable bonds is 8. The van der Waals surface area contributed by atoms with Crippen LogP contribution in [-0.2, 0) is 11.8 Å². The molecular formula is C20H22N4O3S. The van der Waals surface area contributed by atoms with Gasteiger partial charge in [0.25, 0.3) is 5.91 Å². The van der Waals surface area contributed by atoms with Gasteiger partial charge in [-0.25, -0.2) is 10.4 Å². The van der Waals surface area contributed by atoms with E-state index in [4.69, 9.17) is 9.47 Å². The Balaban J connectivity index is 1.56. The third-order valence-corrected chi connectivity index (χ3v) is 5.00.